The van der Waals surface area contributed by atoms with Crippen molar-refractivity contribution >= 4 is 12.0 Å². The number of amides is 2. The molecule has 0 aliphatic carbocycles. The van der Waals surface area contributed by atoms with Crippen LogP contribution in [0.2, 0.25) is 0 Å². The molecule has 1 aromatic rings. The molecule has 2 atom stereocenters. The normalized spacial score (nSPS) is 21.9. The summed E-state index contributed by atoms with van der Waals surface area (Å²) in [6.07, 6.45) is 1.06. The molecule has 1 aliphatic heterocycles. The van der Waals surface area contributed by atoms with Crippen LogP contribution in [0.25, 0.3) is 0 Å². The molecule has 1 saturated heterocycles. The monoisotopic (exact) mass is 290 g/mol. The van der Waals surface area contributed by atoms with Gasteiger partial charge in [-0.3, -0.25) is 4.79 Å². The summed E-state index contributed by atoms with van der Waals surface area (Å²) in [6, 6.07) is 9.77. The Labute approximate surface area is 125 Å². The lowest BCUT2D eigenvalue weighted by atomic mass is 9.92. The maximum absolute atomic E-state index is 12.5. The molecule has 1 aromatic carbocycles. The summed E-state index contributed by atoms with van der Waals surface area (Å²) < 4.78 is 0. The minimum absolute atomic E-state index is 0.0322. The predicted molar refractivity (Wildman–Crippen MR) is 79.8 cm³/mol. The van der Waals surface area contributed by atoms with Crippen molar-refractivity contribution in [2.45, 2.75) is 32.4 Å². The van der Waals surface area contributed by atoms with Crippen molar-refractivity contribution in [1.82, 2.24) is 9.80 Å². The van der Waals surface area contributed by atoms with Gasteiger partial charge in [-0.05, 0) is 25.3 Å². The topological polar surface area (TPSA) is 60.9 Å². The number of rotatable bonds is 3. The van der Waals surface area contributed by atoms with Crippen molar-refractivity contribution in [3.8, 4) is 0 Å². The van der Waals surface area contributed by atoms with Gasteiger partial charge in [-0.2, -0.15) is 0 Å². The van der Waals surface area contributed by atoms with Crippen LogP contribution in [0, 0.1) is 5.92 Å². The number of carboxylic acids is 1. The van der Waals surface area contributed by atoms with Crippen molar-refractivity contribution in [2.75, 3.05) is 13.6 Å². The van der Waals surface area contributed by atoms with Crippen LogP contribution in [0.5, 0.6) is 0 Å². The zero-order chi connectivity index (χ0) is 15.4. The summed E-state index contributed by atoms with van der Waals surface area (Å²) in [5, 5.41) is 9.07. The first-order valence-electron chi connectivity index (χ1n) is 7.27. The lowest BCUT2D eigenvalue weighted by Gasteiger charge is -2.38. The number of piperidine rings is 1. The SMILES string of the molecule is CC1CC(C(=O)O)CCN1C(=O)N(C)Cc1ccccc1. The first kappa shape index (κ1) is 15.4. The van der Waals surface area contributed by atoms with Crippen molar-refractivity contribution < 1.29 is 14.7 Å². The van der Waals surface area contributed by atoms with Gasteiger partial charge in [-0.1, -0.05) is 30.3 Å². The van der Waals surface area contributed by atoms with Crippen LogP contribution in [-0.2, 0) is 11.3 Å². The van der Waals surface area contributed by atoms with Gasteiger partial charge in [0.05, 0.1) is 5.92 Å². The van der Waals surface area contributed by atoms with Crippen LogP contribution in [-0.4, -0.2) is 46.5 Å². The average Bonchev–Trinajstić information content (AvgIpc) is 2.47. The third-order valence-corrected chi connectivity index (χ3v) is 4.06. The molecule has 0 bridgehead atoms. The van der Waals surface area contributed by atoms with Gasteiger partial charge in [0.2, 0.25) is 0 Å². The van der Waals surface area contributed by atoms with E-state index in [4.69, 9.17) is 5.11 Å². The van der Waals surface area contributed by atoms with E-state index in [0.717, 1.165) is 5.56 Å². The fourth-order valence-corrected chi connectivity index (χ4v) is 2.82. The van der Waals surface area contributed by atoms with E-state index >= 15 is 0 Å². The zero-order valence-electron chi connectivity index (χ0n) is 12.5. The van der Waals surface area contributed by atoms with Crippen LogP contribution in [0.4, 0.5) is 4.79 Å². The third kappa shape index (κ3) is 3.74. The fourth-order valence-electron chi connectivity index (χ4n) is 2.82. The van der Waals surface area contributed by atoms with Gasteiger partial charge < -0.3 is 14.9 Å². The Morgan fingerprint density at radius 1 is 1.33 bits per heavy atom. The van der Waals surface area contributed by atoms with E-state index in [0.29, 0.717) is 25.9 Å². The molecule has 2 unspecified atom stereocenters. The third-order valence-electron chi connectivity index (χ3n) is 4.06. The molecule has 2 rings (SSSR count). The quantitative estimate of drug-likeness (QED) is 0.930. The number of carboxylic acid groups (broad SMARTS) is 1. The minimum Gasteiger partial charge on any atom is -0.481 e. The molecule has 0 radical (unpaired) electrons. The molecule has 1 fully saturated rings. The summed E-state index contributed by atoms with van der Waals surface area (Å²) in [6.45, 7) is 2.99. The number of urea groups is 1. The molecule has 1 heterocycles. The molecule has 0 spiro atoms. The van der Waals surface area contributed by atoms with Crippen LogP contribution < -0.4 is 0 Å². The Balaban J connectivity index is 1.95. The highest BCUT2D eigenvalue weighted by molar-refractivity contribution is 5.75. The fraction of sp³-hybridized carbons (Fsp3) is 0.500. The summed E-state index contributed by atoms with van der Waals surface area (Å²) in [5.41, 5.74) is 1.08. The lowest BCUT2D eigenvalue weighted by molar-refractivity contribution is -0.143. The van der Waals surface area contributed by atoms with Gasteiger partial charge in [0.15, 0.2) is 0 Å². The second-order valence-corrected chi connectivity index (χ2v) is 5.73. The molecule has 21 heavy (non-hydrogen) atoms. The number of hydrogen-bond donors (Lipinski definition) is 1. The Bertz CT molecular complexity index is 504. The molecular weight excluding hydrogens is 268 g/mol. The maximum Gasteiger partial charge on any atom is 0.320 e. The number of aliphatic carboxylic acids is 1. The van der Waals surface area contributed by atoms with Crippen LogP contribution in [0.3, 0.4) is 0 Å². The summed E-state index contributed by atoms with van der Waals surface area (Å²) in [7, 11) is 1.78. The van der Waals surface area contributed by atoms with Gasteiger partial charge >= 0.3 is 12.0 Å². The highest BCUT2D eigenvalue weighted by Crippen LogP contribution is 2.24. The standard InChI is InChI=1S/C16H22N2O3/c1-12-10-14(15(19)20)8-9-18(12)16(21)17(2)11-13-6-4-3-5-7-13/h3-7,12,14H,8-11H2,1-2H3,(H,19,20). The molecule has 5 nitrogen and oxygen atoms in total. The van der Waals surface area contributed by atoms with Gasteiger partial charge in [-0.15, -0.1) is 0 Å². The number of likely N-dealkylation sites (tertiary alicyclic amines) is 1. The average molecular weight is 290 g/mol. The van der Waals surface area contributed by atoms with E-state index in [1.807, 2.05) is 37.3 Å². The van der Waals surface area contributed by atoms with E-state index in [1.54, 1.807) is 16.8 Å². The van der Waals surface area contributed by atoms with Crippen LogP contribution in [0.15, 0.2) is 30.3 Å². The van der Waals surface area contributed by atoms with Gasteiger partial charge in [0, 0.05) is 26.2 Å². The van der Waals surface area contributed by atoms with Crippen molar-refractivity contribution in [3.63, 3.8) is 0 Å². The number of nitrogens with zero attached hydrogens (tertiary/aromatic N) is 2. The summed E-state index contributed by atoms with van der Waals surface area (Å²) in [5.74, 6) is -1.09. The smallest absolute Gasteiger partial charge is 0.320 e. The molecule has 1 aliphatic rings. The number of carbonyl (C=O) groups excluding carboxylic acids is 1. The molecular formula is C16H22N2O3. The van der Waals surface area contributed by atoms with Crippen molar-refractivity contribution in [2.24, 2.45) is 5.92 Å². The molecule has 1 N–H and O–H groups in total. The summed E-state index contributed by atoms with van der Waals surface area (Å²) >= 11 is 0. The van der Waals surface area contributed by atoms with Crippen LogP contribution >= 0.6 is 0 Å². The van der Waals surface area contributed by atoms with E-state index in [9.17, 15) is 9.59 Å². The number of carbonyl (C=O) groups is 2. The molecule has 5 heteroatoms. The van der Waals surface area contributed by atoms with Gasteiger partial charge in [0.1, 0.15) is 0 Å². The lowest BCUT2D eigenvalue weighted by Crippen LogP contribution is -2.50. The molecule has 2 amide bonds. The van der Waals surface area contributed by atoms with Gasteiger partial charge in [0.25, 0.3) is 0 Å². The second-order valence-electron chi connectivity index (χ2n) is 5.73. The van der Waals surface area contributed by atoms with Crippen LogP contribution in [0.1, 0.15) is 25.3 Å². The van der Waals surface area contributed by atoms with E-state index in [1.165, 1.54) is 0 Å². The van der Waals surface area contributed by atoms with Crippen molar-refractivity contribution in [3.05, 3.63) is 35.9 Å². The number of hydrogen-bond acceptors (Lipinski definition) is 2. The molecule has 114 valence electrons. The van der Waals surface area contributed by atoms with Gasteiger partial charge in [-0.25, -0.2) is 4.79 Å². The predicted octanol–water partition coefficient (Wildman–Crippen LogP) is 2.42. The number of benzene rings is 1. The molecule has 0 aromatic heterocycles. The highest BCUT2D eigenvalue weighted by atomic mass is 16.4. The Kier molecular flexibility index (Phi) is 4.83. The Morgan fingerprint density at radius 3 is 2.57 bits per heavy atom. The summed E-state index contributed by atoms with van der Waals surface area (Å²) in [4.78, 5) is 27.0. The Morgan fingerprint density at radius 2 is 2.00 bits per heavy atom. The second kappa shape index (κ2) is 6.61. The van der Waals surface area contributed by atoms with Crippen molar-refractivity contribution in [1.29, 1.82) is 0 Å². The first-order valence-corrected chi connectivity index (χ1v) is 7.27. The highest BCUT2D eigenvalue weighted by Gasteiger charge is 2.33. The van der Waals surface area contributed by atoms with E-state index < -0.39 is 5.97 Å². The maximum atomic E-state index is 12.5. The zero-order valence-corrected chi connectivity index (χ0v) is 12.5. The first-order chi connectivity index (χ1) is 9.99. The van der Waals surface area contributed by atoms with E-state index in [-0.39, 0.29) is 18.0 Å². The largest absolute Gasteiger partial charge is 0.481 e. The van der Waals surface area contributed by atoms with E-state index in [2.05, 4.69) is 0 Å². The Hall–Kier alpha value is -2.04. The molecule has 0 saturated carbocycles. The minimum atomic E-state index is -0.758.